The molecule has 0 aromatic carbocycles. The molecule has 0 saturated carbocycles. The minimum atomic E-state index is -3.16. The molecule has 1 unspecified atom stereocenters. The van der Waals surface area contributed by atoms with Crippen molar-refractivity contribution in [2.24, 2.45) is 0 Å². The van der Waals surface area contributed by atoms with E-state index in [0.29, 0.717) is 45.7 Å². The molecule has 1 aliphatic heterocycles. The zero-order chi connectivity index (χ0) is 21.3. The monoisotopic (exact) mass is 445 g/mol. The van der Waals surface area contributed by atoms with Crippen LogP contribution in [0.15, 0.2) is 17.5 Å². The molecule has 0 spiro atoms. The maximum atomic E-state index is 12.3. The maximum Gasteiger partial charge on any atom is 0.304 e. The Morgan fingerprint density at radius 3 is 2.55 bits per heavy atom. The van der Waals surface area contributed by atoms with Crippen LogP contribution in [0.2, 0.25) is 0 Å². The summed E-state index contributed by atoms with van der Waals surface area (Å²) in [7, 11) is -3.16. The molecule has 0 aliphatic carbocycles. The van der Waals surface area contributed by atoms with Crippen LogP contribution in [-0.2, 0) is 19.6 Å². The number of carboxylic acid groups (broad SMARTS) is 1. The average Bonchev–Trinajstić information content (AvgIpc) is 3.21. The lowest BCUT2D eigenvalue weighted by atomic mass is 9.99. The summed E-state index contributed by atoms with van der Waals surface area (Å²) in [5, 5.41) is 13.8. The molecule has 1 aromatic heterocycles. The molecule has 1 fully saturated rings. The van der Waals surface area contributed by atoms with Crippen molar-refractivity contribution in [3.63, 3.8) is 0 Å². The number of aliphatic carboxylic acids is 1. The number of unbranched alkanes of at least 4 members (excludes halogenated alkanes) is 1. The second-order valence-electron chi connectivity index (χ2n) is 7.27. The lowest BCUT2D eigenvalue weighted by Gasteiger charge is -2.34. The van der Waals surface area contributed by atoms with Gasteiger partial charge in [-0.3, -0.25) is 14.5 Å². The Balaban J connectivity index is 1.70. The normalized spacial score (nSPS) is 17.1. The molecule has 1 aromatic rings. The first-order chi connectivity index (χ1) is 13.8. The van der Waals surface area contributed by atoms with Gasteiger partial charge in [0.1, 0.15) is 0 Å². The number of nitrogens with one attached hydrogen (secondary N) is 1. The third-order valence-electron chi connectivity index (χ3n) is 5.03. The van der Waals surface area contributed by atoms with Crippen LogP contribution >= 0.6 is 11.3 Å². The van der Waals surface area contributed by atoms with E-state index in [1.165, 1.54) is 11.3 Å². The second kappa shape index (κ2) is 11.6. The summed E-state index contributed by atoms with van der Waals surface area (Å²) >= 11 is 1.46. The van der Waals surface area contributed by atoms with Crippen molar-refractivity contribution < 1.29 is 23.1 Å². The minimum absolute atomic E-state index is 0.0671. The van der Waals surface area contributed by atoms with Crippen molar-refractivity contribution in [3.8, 4) is 0 Å². The predicted octanol–water partition coefficient (Wildman–Crippen LogP) is 1.56. The van der Waals surface area contributed by atoms with Gasteiger partial charge in [0.2, 0.25) is 15.9 Å². The van der Waals surface area contributed by atoms with E-state index in [0.717, 1.165) is 11.3 Å². The molecule has 164 valence electrons. The highest BCUT2D eigenvalue weighted by Crippen LogP contribution is 2.27. The van der Waals surface area contributed by atoms with Crippen molar-refractivity contribution in [2.45, 2.75) is 38.5 Å². The SMILES string of the molecule is CCCCS(=O)(=O)N1CCN(CCNC(=O)CC(CC(=O)O)c2cccs2)CC1. The zero-order valence-electron chi connectivity index (χ0n) is 16.9. The Morgan fingerprint density at radius 1 is 1.24 bits per heavy atom. The van der Waals surface area contributed by atoms with E-state index in [2.05, 4.69) is 10.2 Å². The van der Waals surface area contributed by atoms with Crippen molar-refractivity contribution in [1.29, 1.82) is 0 Å². The Kier molecular flexibility index (Phi) is 9.54. The van der Waals surface area contributed by atoms with Crippen molar-refractivity contribution >= 4 is 33.2 Å². The molecule has 2 heterocycles. The summed E-state index contributed by atoms with van der Waals surface area (Å²) in [6.45, 7) is 5.36. The van der Waals surface area contributed by atoms with Gasteiger partial charge in [0, 0.05) is 56.5 Å². The highest BCUT2D eigenvalue weighted by atomic mass is 32.2. The van der Waals surface area contributed by atoms with E-state index < -0.39 is 16.0 Å². The molecule has 1 atom stereocenters. The van der Waals surface area contributed by atoms with Crippen LogP contribution in [0.4, 0.5) is 0 Å². The maximum absolute atomic E-state index is 12.3. The standard InChI is InChI=1S/C19H31N3O5S2/c1-2-3-13-29(26,27)22-10-8-21(9-11-22)7-6-20-18(23)14-16(15-19(24)25)17-5-4-12-28-17/h4-5,12,16H,2-3,6-11,13-15H2,1H3,(H,20,23)(H,24,25). The largest absolute Gasteiger partial charge is 0.481 e. The number of piperazine rings is 1. The fourth-order valence-electron chi connectivity index (χ4n) is 3.34. The molecule has 0 radical (unpaired) electrons. The molecule has 10 heteroatoms. The summed E-state index contributed by atoms with van der Waals surface area (Å²) in [5.41, 5.74) is 0. The number of sulfonamides is 1. The Hall–Kier alpha value is -1.49. The number of hydrogen-bond acceptors (Lipinski definition) is 6. The lowest BCUT2D eigenvalue weighted by Crippen LogP contribution is -2.50. The number of nitrogens with zero attached hydrogens (tertiary/aromatic N) is 2. The fourth-order valence-corrected chi connectivity index (χ4v) is 5.81. The van der Waals surface area contributed by atoms with Crippen LogP contribution in [0.5, 0.6) is 0 Å². The molecule has 2 N–H and O–H groups in total. The van der Waals surface area contributed by atoms with Crippen LogP contribution in [0.25, 0.3) is 0 Å². The number of thiophene rings is 1. The smallest absolute Gasteiger partial charge is 0.304 e. The van der Waals surface area contributed by atoms with Crippen molar-refractivity contribution in [2.75, 3.05) is 45.0 Å². The molecule has 0 bridgehead atoms. The molecule has 1 amide bonds. The predicted molar refractivity (Wildman–Crippen MR) is 114 cm³/mol. The Bertz CT molecular complexity index is 744. The molecule has 1 aliphatic rings. The second-order valence-corrected chi connectivity index (χ2v) is 10.3. The van der Waals surface area contributed by atoms with Crippen LogP contribution in [0.1, 0.15) is 43.4 Å². The van der Waals surface area contributed by atoms with Gasteiger partial charge in [0.25, 0.3) is 0 Å². The third kappa shape index (κ3) is 8.04. The van der Waals surface area contributed by atoms with Gasteiger partial charge >= 0.3 is 5.97 Å². The molecule has 29 heavy (non-hydrogen) atoms. The first kappa shape index (κ1) is 23.8. The lowest BCUT2D eigenvalue weighted by molar-refractivity contribution is -0.137. The van der Waals surface area contributed by atoms with Gasteiger partial charge in [-0.25, -0.2) is 8.42 Å². The highest BCUT2D eigenvalue weighted by Gasteiger charge is 2.26. The van der Waals surface area contributed by atoms with Gasteiger partial charge in [0.15, 0.2) is 0 Å². The highest BCUT2D eigenvalue weighted by molar-refractivity contribution is 7.89. The van der Waals surface area contributed by atoms with Crippen molar-refractivity contribution in [3.05, 3.63) is 22.4 Å². The van der Waals surface area contributed by atoms with Crippen LogP contribution in [0.3, 0.4) is 0 Å². The van der Waals surface area contributed by atoms with Gasteiger partial charge < -0.3 is 10.4 Å². The summed E-state index contributed by atoms with van der Waals surface area (Å²) in [4.78, 5) is 26.4. The number of carbonyl (C=O) groups excluding carboxylic acids is 1. The number of hydrogen-bond donors (Lipinski definition) is 2. The fraction of sp³-hybridized carbons (Fsp3) is 0.684. The molecule has 8 nitrogen and oxygen atoms in total. The van der Waals surface area contributed by atoms with Crippen LogP contribution in [0, 0.1) is 0 Å². The van der Waals surface area contributed by atoms with Gasteiger partial charge in [-0.2, -0.15) is 4.31 Å². The van der Waals surface area contributed by atoms with Crippen LogP contribution in [-0.4, -0.2) is 79.6 Å². The van der Waals surface area contributed by atoms with Gasteiger partial charge in [0.05, 0.1) is 12.2 Å². The van der Waals surface area contributed by atoms with E-state index in [4.69, 9.17) is 5.11 Å². The molecular formula is C19H31N3O5S2. The van der Waals surface area contributed by atoms with E-state index >= 15 is 0 Å². The topological polar surface area (TPSA) is 107 Å². The number of rotatable bonds is 12. The third-order valence-corrected chi connectivity index (χ3v) is 8.02. The molecular weight excluding hydrogens is 414 g/mol. The molecule has 1 saturated heterocycles. The van der Waals surface area contributed by atoms with E-state index in [9.17, 15) is 18.0 Å². The average molecular weight is 446 g/mol. The van der Waals surface area contributed by atoms with E-state index in [1.807, 2.05) is 24.4 Å². The first-order valence-corrected chi connectivity index (χ1v) is 12.5. The summed E-state index contributed by atoms with van der Waals surface area (Å²) in [5.74, 6) is -1.18. The summed E-state index contributed by atoms with van der Waals surface area (Å²) < 4.78 is 26.0. The molecule has 2 rings (SSSR count). The number of carbonyl (C=O) groups is 2. The summed E-state index contributed by atoms with van der Waals surface area (Å²) in [6, 6.07) is 3.72. The van der Waals surface area contributed by atoms with Gasteiger partial charge in [-0.05, 0) is 17.9 Å². The minimum Gasteiger partial charge on any atom is -0.481 e. The van der Waals surface area contributed by atoms with Gasteiger partial charge in [-0.15, -0.1) is 11.3 Å². The number of carboxylic acids is 1. The quantitative estimate of drug-likeness (QED) is 0.506. The van der Waals surface area contributed by atoms with Crippen LogP contribution < -0.4 is 5.32 Å². The number of amides is 1. The first-order valence-electron chi connectivity index (χ1n) is 10.0. The van der Waals surface area contributed by atoms with Gasteiger partial charge in [-0.1, -0.05) is 19.4 Å². The summed E-state index contributed by atoms with van der Waals surface area (Å²) in [6.07, 6.45) is 1.63. The Morgan fingerprint density at radius 2 is 1.97 bits per heavy atom. The Labute approximate surface area is 176 Å². The van der Waals surface area contributed by atoms with Crippen molar-refractivity contribution in [1.82, 2.24) is 14.5 Å². The van der Waals surface area contributed by atoms with E-state index in [-0.39, 0.29) is 30.4 Å². The van der Waals surface area contributed by atoms with E-state index in [1.54, 1.807) is 4.31 Å². The zero-order valence-corrected chi connectivity index (χ0v) is 18.5.